The predicted octanol–water partition coefficient (Wildman–Crippen LogP) is 1.11. The fraction of sp³-hybridized carbons (Fsp3) is 0.182. The van der Waals surface area contributed by atoms with Gasteiger partial charge in [-0.3, -0.25) is 14.9 Å². The normalized spacial score (nSPS) is 10.4. The number of para-hydroxylation sites is 2. The van der Waals surface area contributed by atoms with Gasteiger partial charge in [0, 0.05) is 6.07 Å². The quantitative estimate of drug-likeness (QED) is 0.652. The molecule has 2 rings (SSSR count). The first kappa shape index (κ1) is 12.7. The van der Waals surface area contributed by atoms with Crippen LogP contribution in [0.4, 0.5) is 5.69 Å². The van der Waals surface area contributed by atoms with E-state index in [-0.39, 0.29) is 17.8 Å². The smallest absolute Gasteiger partial charge is 0.309 e. The molecule has 0 bridgehead atoms. The zero-order chi connectivity index (χ0) is 14.0. The SMILES string of the molecule is Cc1nnn(-c2ccccc2[N+](=O)[O-])c1CC(=O)O. The number of benzene rings is 1. The number of carboxylic acid groups (broad SMARTS) is 1. The van der Waals surface area contributed by atoms with Crippen molar-refractivity contribution in [3.05, 3.63) is 45.8 Å². The van der Waals surface area contributed by atoms with Crippen molar-refractivity contribution in [2.75, 3.05) is 0 Å². The summed E-state index contributed by atoms with van der Waals surface area (Å²) < 4.78 is 1.20. The molecule has 1 aromatic heterocycles. The van der Waals surface area contributed by atoms with Crippen LogP contribution >= 0.6 is 0 Å². The third-order valence-corrected chi connectivity index (χ3v) is 2.58. The van der Waals surface area contributed by atoms with E-state index in [1.54, 1.807) is 13.0 Å². The van der Waals surface area contributed by atoms with Crippen molar-refractivity contribution in [1.82, 2.24) is 15.0 Å². The molecule has 0 aliphatic heterocycles. The molecule has 1 heterocycles. The number of carboxylic acids is 1. The third kappa shape index (κ3) is 2.41. The number of aryl methyl sites for hydroxylation is 1. The molecule has 0 aliphatic rings. The molecule has 1 aromatic carbocycles. The Bertz CT molecular complexity index is 650. The van der Waals surface area contributed by atoms with E-state index in [2.05, 4.69) is 10.3 Å². The van der Waals surface area contributed by atoms with Crippen molar-refractivity contribution in [2.45, 2.75) is 13.3 Å². The van der Waals surface area contributed by atoms with Crippen molar-refractivity contribution < 1.29 is 14.8 Å². The molecule has 0 unspecified atom stereocenters. The average molecular weight is 262 g/mol. The van der Waals surface area contributed by atoms with Crippen molar-refractivity contribution in [2.24, 2.45) is 0 Å². The molecule has 0 saturated carbocycles. The molecule has 8 heteroatoms. The topological polar surface area (TPSA) is 111 Å². The summed E-state index contributed by atoms with van der Waals surface area (Å²) in [5.74, 6) is -1.05. The number of carbonyl (C=O) groups is 1. The highest BCUT2D eigenvalue weighted by Gasteiger charge is 2.20. The fourth-order valence-electron chi connectivity index (χ4n) is 1.71. The van der Waals surface area contributed by atoms with Crippen LogP contribution in [0, 0.1) is 17.0 Å². The van der Waals surface area contributed by atoms with Crippen molar-refractivity contribution in [3.8, 4) is 5.69 Å². The number of hydrogen-bond acceptors (Lipinski definition) is 5. The molecule has 0 aliphatic carbocycles. The third-order valence-electron chi connectivity index (χ3n) is 2.58. The maximum absolute atomic E-state index is 11.0. The summed E-state index contributed by atoms with van der Waals surface area (Å²) in [6, 6.07) is 5.97. The maximum atomic E-state index is 11.0. The van der Waals surface area contributed by atoms with Gasteiger partial charge >= 0.3 is 5.97 Å². The summed E-state index contributed by atoms with van der Waals surface area (Å²) in [6.45, 7) is 1.61. The zero-order valence-corrected chi connectivity index (χ0v) is 9.98. The van der Waals surface area contributed by atoms with Crippen LogP contribution in [0.15, 0.2) is 24.3 Å². The Labute approximate surface area is 107 Å². The Morgan fingerprint density at radius 2 is 2.16 bits per heavy atom. The second-order valence-corrected chi connectivity index (χ2v) is 3.85. The molecule has 1 N–H and O–H groups in total. The number of nitro groups is 1. The maximum Gasteiger partial charge on any atom is 0.309 e. The van der Waals surface area contributed by atoms with Crippen LogP contribution in [0.3, 0.4) is 0 Å². The Morgan fingerprint density at radius 3 is 2.79 bits per heavy atom. The monoisotopic (exact) mass is 262 g/mol. The average Bonchev–Trinajstić information content (AvgIpc) is 2.70. The number of aromatic nitrogens is 3. The Morgan fingerprint density at radius 1 is 1.47 bits per heavy atom. The molecule has 0 saturated heterocycles. The number of hydrogen-bond donors (Lipinski definition) is 1. The lowest BCUT2D eigenvalue weighted by Gasteiger charge is -2.05. The molecule has 0 amide bonds. The molecule has 2 aromatic rings. The number of aliphatic carboxylic acids is 1. The molecule has 0 fully saturated rings. The van der Waals surface area contributed by atoms with Gasteiger partial charge in [-0.2, -0.15) is 0 Å². The van der Waals surface area contributed by atoms with Crippen LogP contribution in [-0.2, 0) is 11.2 Å². The molecular formula is C11H10N4O4. The van der Waals surface area contributed by atoms with Gasteiger partial charge in [0.1, 0.15) is 5.69 Å². The van der Waals surface area contributed by atoms with E-state index < -0.39 is 10.9 Å². The van der Waals surface area contributed by atoms with Gasteiger partial charge in [0.25, 0.3) is 5.69 Å². The fourth-order valence-corrected chi connectivity index (χ4v) is 1.71. The zero-order valence-electron chi connectivity index (χ0n) is 9.98. The standard InChI is InChI=1S/C11H10N4O4/c1-7-10(6-11(16)17)14(13-12-7)8-4-2-3-5-9(8)15(18)19/h2-5H,6H2,1H3,(H,16,17). The van der Waals surface area contributed by atoms with Crippen LogP contribution in [0.2, 0.25) is 0 Å². The largest absolute Gasteiger partial charge is 0.481 e. The Kier molecular flexibility index (Phi) is 3.23. The number of nitrogens with zero attached hydrogens (tertiary/aromatic N) is 4. The van der Waals surface area contributed by atoms with E-state index in [0.717, 1.165) is 0 Å². The molecule has 8 nitrogen and oxygen atoms in total. The first-order valence-electron chi connectivity index (χ1n) is 5.37. The minimum atomic E-state index is -1.05. The Balaban J connectivity index is 2.60. The minimum absolute atomic E-state index is 0.154. The lowest BCUT2D eigenvalue weighted by atomic mass is 10.2. The Hall–Kier alpha value is -2.77. The van der Waals surface area contributed by atoms with Gasteiger partial charge in [-0.15, -0.1) is 5.10 Å². The first-order valence-corrected chi connectivity index (χ1v) is 5.37. The van der Waals surface area contributed by atoms with E-state index in [9.17, 15) is 14.9 Å². The lowest BCUT2D eigenvalue weighted by Crippen LogP contribution is -2.10. The second-order valence-electron chi connectivity index (χ2n) is 3.85. The number of nitro benzene ring substituents is 1. The van der Waals surface area contributed by atoms with E-state index >= 15 is 0 Å². The van der Waals surface area contributed by atoms with Crippen LogP contribution in [-0.4, -0.2) is 31.0 Å². The van der Waals surface area contributed by atoms with Gasteiger partial charge in [0.2, 0.25) is 0 Å². The van der Waals surface area contributed by atoms with Crippen molar-refractivity contribution in [1.29, 1.82) is 0 Å². The van der Waals surface area contributed by atoms with Crippen LogP contribution in [0.1, 0.15) is 11.4 Å². The first-order chi connectivity index (χ1) is 9.00. The highest BCUT2D eigenvalue weighted by Crippen LogP contribution is 2.23. The summed E-state index contributed by atoms with van der Waals surface area (Å²) in [6.07, 6.45) is -0.301. The second kappa shape index (κ2) is 4.84. The molecule has 19 heavy (non-hydrogen) atoms. The van der Waals surface area contributed by atoms with Crippen LogP contribution in [0.25, 0.3) is 5.69 Å². The number of rotatable bonds is 4. The van der Waals surface area contributed by atoms with Gasteiger partial charge in [0.15, 0.2) is 0 Å². The highest BCUT2D eigenvalue weighted by atomic mass is 16.6. The van der Waals surface area contributed by atoms with E-state index in [0.29, 0.717) is 11.4 Å². The summed E-state index contributed by atoms with van der Waals surface area (Å²) in [5, 5.41) is 27.4. The molecule has 98 valence electrons. The van der Waals surface area contributed by atoms with Gasteiger partial charge in [0.05, 0.1) is 22.7 Å². The van der Waals surface area contributed by atoms with Crippen LogP contribution in [0.5, 0.6) is 0 Å². The van der Waals surface area contributed by atoms with Crippen molar-refractivity contribution >= 4 is 11.7 Å². The molecular weight excluding hydrogens is 252 g/mol. The molecule has 0 radical (unpaired) electrons. The van der Waals surface area contributed by atoms with Crippen LogP contribution < -0.4 is 0 Å². The summed E-state index contributed by atoms with van der Waals surface area (Å²) >= 11 is 0. The molecule has 0 spiro atoms. The summed E-state index contributed by atoms with van der Waals surface area (Å²) in [4.78, 5) is 21.2. The predicted molar refractivity (Wildman–Crippen MR) is 64.1 cm³/mol. The molecule has 0 atom stereocenters. The lowest BCUT2D eigenvalue weighted by molar-refractivity contribution is -0.384. The summed E-state index contributed by atoms with van der Waals surface area (Å²) in [5.41, 5.74) is 0.797. The van der Waals surface area contributed by atoms with E-state index in [4.69, 9.17) is 5.11 Å². The highest BCUT2D eigenvalue weighted by molar-refractivity contribution is 5.70. The minimum Gasteiger partial charge on any atom is -0.481 e. The van der Waals surface area contributed by atoms with Gasteiger partial charge < -0.3 is 5.11 Å². The van der Waals surface area contributed by atoms with Gasteiger partial charge in [-0.25, -0.2) is 4.68 Å². The van der Waals surface area contributed by atoms with E-state index in [1.807, 2.05) is 0 Å². The van der Waals surface area contributed by atoms with Gasteiger partial charge in [-0.05, 0) is 13.0 Å². The summed E-state index contributed by atoms with van der Waals surface area (Å²) in [7, 11) is 0. The van der Waals surface area contributed by atoms with Crippen molar-refractivity contribution in [3.63, 3.8) is 0 Å². The van der Waals surface area contributed by atoms with E-state index in [1.165, 1.54) is 22.9 Å². The van der Waals surface area contributed by atoms with Gasteiger partial charge in [-0.1, -0.05) is 17.3 Å².